The predicted octanol–water partition coefficient (Wildman–Crippen LogP) is 4.45. The van der Waals surface area contributed by atoms with Crippen molar-refractivity contribution in [2.75, 3.05) is 13.4 Å². The molecule has 5 nitrogen and oxygen atoms in total. The Morgan fingerprint density at radius 2 is 1.96 bits per heavy atom. The highest BCUT2D eigenvalue weighted by Crippen LogP contribution is 2.29. The summed E-state index contributed by atoms with van der Waals surface area (Å²) in [6.45, 7) is 1.92. The molecule has 0 amide bonds. The number of hydrogen-bond acceptors (Lipinski definition) is 6. The van der Waals surface area contributed by atoms with Crippen molar-refractivity contribution >= 4 is 26.2 Å². The van der Waals surface area contributed by atoms with E-state index in [9.17, 15) is 4.21 Å². The lowest BCUT2D eigenvalue weighted by molar-refractivity contribution is 0.415. The van der Waals surface area contributed by atoms with Gasteiger partial charge in [-0.15, -0.1) is 11.3 Å². The minimum absolute atomic E-state index is 0.359. The van der Waals surface area contributed by atoms with E-state index in [0.29, 0.717) is 10.9 Å². The molecule has 0 spiro atoms. The van der Waals surface area contributed by atoms with E-state index in [1.165, 1.54) is 11.3 Å². The number of rotatable bonds is 5. The summed E-state index contributed by atoms with van der Waals surface area (Å²) in [6, 6.07) is 11.5. The number of ether oxygens (including phenoxy) is 1. The highest BCUT2D eigenvalue weighted by Gasteiger charge is 2.09. The Bertz CT molecular complexity index is 970. The van der Waals surface area contributed by atoms with Crippen molar-refractivity contribution in [1.82, 2.24) is 9.97 Å². The number of benzene rings is 1. The van der Waals surface area contributed by atoms with E-state index in [2.05, 4.69) is 14.3 Å². The van der Waals surface area contributed by atoms with Crippen LogP contribution in [0.1, 0.15) is 11.3 Å². The number of hydrogen-bond donors (Lipinski definition) is 0. The van der Waals surface area contributed by atoms with Crippen molar-refractivity contribution in [3.63, 3.8) is 0 Å². The first kappa shape index (κ1) is 17.6. The molecule has 25 heavy (non-hydrogen) atoms. The van der Waals surface area contributed by atoms with Gasteiger partial charge in [-0.2, -0.15) is 4.36 Å². The van der Waals surface area contributed by atoms with Gasteiger partial charge in [0, 0.05) is 29.1 Å². The third-order valence-corrected chi connectivity index (χ3v) is 5.83. The first-order valence-corrected chi connectivity index (χ1v) is 10.6. The number of thiazole rings is 1. The monoisotopic (exact) mass is 373 g/mol. The molecule has 3 rings (SSSR count). The Hall–Kier alpha value is -2.25. The number of aromatic nitrogens is 2. The normalized spacial score (nSPS) is 13.2. The van der Waals surface area contributed by atoms with Crippen molar-refractivity contribution in [2.45, 2.75) is 12.7 Å². The summed E-state index contributed by atoms with van der Waals surface area (Å²) in [5, 5.41) is 2.45. The second-order valence-corrected chi connectivity index (χ2v) is 8.97. The van der Waals surface area contributed by atoms with Gasteiger partial charge < -0.3 is 4.74 Å². The first-order chi connectivity index (χ1) is 11.9. The van der Waals surface area contributed by atoms with E-state index >= 15 is 0 Å². The van der Waals surface area contributed by atoms with E-state index in [0.717, 1.165) is 28.3 Å². The minimum atomic E-state index is -2.42. The van der Waals surface area contributed by atoms with Crippen LogP contribution in [0.25, 0.3) is 11.3 Å². The SMILES string of the molecule is COc1ccc(-c2csc(N=S(C)(=O)Cc3ccc(C)nc3)n2)cc1. The second kappa shape index (κ2) is 7.33. The molecular weight excluding hydrogens is 354 g/mol. The molecule has 1 atom stereocenters. The number of nitrogens with zero attached hydrogens (tertiary/aromatic N) is 3. The molecule has 0 aliphatic carbocycles. The van der Waals surface area contributed by atoms with E-state index in [4.69, 9.17) is 4.74 Å². The van der Waals surface area contributed by atoms with Gasteiger partial charge >= 0.3 is 0 Å². The third-order valence-electron chi connectivity index (χ3n) is 3.56. The molecule has 0 saturated heterocycles. The quantitative estimate of drug-likeness (QED) is 0.663. The van der Waals surface area contributed by atoms with Crippen LogP contribution >= 0.6 is 11.3 Å². The van der Waals surface area contributed by atoms with E-state index in [-0.39, 0.29) is 0 Å². The van der Waals surface area contributed by atoms with Crippen LogP contribution < -0.4 is 4.74 Å². The van der Waals surface area contributed by atoms with Gasteiger partial charge in [0.2, 0.25) is 5.13 Å². The predicted molar refractivity (Wildman–Crippen MR) is 103 cm³/mol. The Kier molecular flexibility index (Phi) is 5.15. The van der Waals surface area contributed by atoms with Gasteiger partial charge in [0.15, 0.2) is 0 Å². The van der Waals surface area contributed by atoms with Crippen molar-refractivity contribution in [3.8, 4) is 17.0 Å². The van der Waals surface area contributed by atoms with Crippen LogP contribution in [0.5, 0.6) is 5.75 Å². The molecule has 3 aromatic rings. The summed E-state index contributed by atoms with van der Waals surface area (Å²) in [5.41, 5.74) is 3.64. The maximum absolute atomic E-state index is 12.8. The molecule has 0 N–H and O–H groups in total. The summed E-state index contributed by atoms with van der Waals surface area (Å²) in [5.74, 6) is 1.16. The van der Waals surface area contributed by atoms with Gasteiger partial charge in [0.1, 0.15) is 5.75 Å². The molecule has 0 fully saturated rings. The standard InChI is InChI=1S/C18H19N3O2S2/c1-13-4-5-14(10-19-13)12-25(3,22)21-18-20-17(11-24-18)15-6-8-16(23-2)9-7-15/h4-11H,12H2,1-3H3. The highest BCUT2D eigenvalue weighted by molar-refractivity contribution is 7.92. The van der Waals surface area contributed by atoms with Gasteiger partial charge in [-0.25, -0.2) is 9.19 Å². The van der Waals surface area contributed by atoms with Crippen LogP contribution in [0.4, 0.5) is 5.13 Å². The van der Waals surface area contributed by atoms with Gasteiger partial charge in [-0.05, 0) is 42.8 Å². The lowest BCUT2D eigenvalue weighted by Gasteiger charge is -2.03. The zero-order chi connectivity index (χ0) is 17.9. The fourth-order valence-electron chi connectivity index (χ4n) is 2.29. The summed E-state index contributed by atoms with van der Waals surface area (Å²) in [4.78, 5) is 8.73. The fourth-order valence-corrected chi connectivity index (χ4v) is 4.72. The summed E-state index contributed by atoms with van der Waals surface area (Å²) in [7, 11) is -0.782. The molecule has 0 aliphatic heterocycles. The Morgan fingerprint density at radius 1 is 1.20 bits per heavy atom. The van der Waals surface area contributed by atoms with Gasteiger partial charge in [-0.3, -0.25) is 4.98 Å². The molecule has 130 valence electrons. The van der Waals surface area contributed by atoms with Gasteiger partial charge in [0.25, 0.3) is 0 Å². The first-order valence-electron chi connectivity index (χ1n) is 7.66. The van der Waals surface area contributed by atoms with Gasteiger partial charge in [-0.1, -0.05) is 6.07 Å². The Morgan fingerprint density at radius 3 is 2.60 bits per heavy atom. The summed E-state index contributed by atoms with van der Waals surface area (Å²) < 4.78 is 22.3. The molecule has 0 saturated carbocycles. The minimum Gasteiger partial charge on any atom is -0.497 e. The van der Waals surface area contributed by atoms with Crippen LogP contribution in [0.15, 0.2) is 52.3 Å². The highest BCUT2D eigenvalue weighted by atomic mass is 32.2. The third kappa shape index (κ3) is 4.64. The van der Waals surface area contributed by atoms with E-state index in [1.54, 1.807) is 19.6 Å². The summed E-state index contributed by atoms with van der Waals surface area (Å²) in [6.07, 6.45) is 3.40. The molecule has 1 unspecified atom stereocenters. The van der Waals surface area contributed by atoms with Crippen molar-refractivity contribution in [2.24, 2.45) is 4.36 Å². The average molecular weight is 374 g/mol. The zero-order valence-corrected chi connectivity index (χ0v) is 15.9. The molecule has 1 aromatic carbocycles. The van der Waals surface area contributed by atoms with Crippen LogP contribution in [0.2, 0.25) is 0 Å². The number of pyridine rings is 1. The molecule has 7 heteroatoms. The van der Waals surface area contributed by atoms with Crippen LogP contribution in [-0.2, 0) is 15.5 Å². The summed E-state index contributed by atoms with van der Waals surface area (Å²) >= 11 is 1.39. The maximum atomic E-state index is 12.8. The largest absolute Gasteiger partial charge is 0.497 e. The van der Waals surface area contributed by atoms with Crippen LogP contribution in [0.3, 0.4) is 0 Å². The molecule has 2 heterocycles. The molecule has 0 aliphatic rings. The van der Waals surface area contributed by atoms with E-state index in [1.807, 2.05) is 48.7 Å². The van der Waals surface area contributed by atoms with Crippen molar-refractivity contribution in [3.05, 3.63) is 59.2 Å². The molecule has 0 radical (unpaired) electrons. The Balaban J connectivity index is 1.81. The van der Waals surface area contributed by atoms with Crippen LogP contribution in [-0.4, -0.2) is 27.5 Å². The van der Waals surface area contributed by atoms with E-state index < -0.39 is 9.73 Å². The maximum Gasteiger partial charge on any atom is 0.218 e. The smallest absolute Gasteiger partial charge is 0.218 e. The number of methoxy groups -OCH3 is 1. The molecule has 0 bridgehead atoms. The van der Waals surface area contributed by atoms with Crippen molar-refractivity contribution < 1.29 is 8.95 Å². The van der Waals surface area contributed by atoms with Gasteiger partial charge in [0.05, 0.1) is 28.3 Å². The molecule has 2 aromatic heterocycles. The lowest BCUT2D eigenvalue weighted by Crippen LogP contribution is -2.01. The number of aryl methyl sites for hydroxylation is 1. The fraction of sp³-hybridized carbons (Fsp3) is 0.222. The molecular formula is C18H19N3O2S2. The van der Waals surface area contributed by atoms with Crippen molar-refractivity contribution in [1.29, 1.82) is 0 Å². The Labute approximate surface area is 151 Å². The second-order valence-electron chi connectivity index (χ2n) is 5.75. The van der Waals surface area contributed by atoms with Crippen LogP contribution in [0, 0.1) is 6.92 Å². The zero-order valence-electron chi connectivity index (χ0n) is 14.3. The average Bonchev–Trinajstić information content (AvgIpc) is 3.04. The topological polar surface area (TPSA) is 64.4 Å². The lowest BCUT2D eigenvalue weighted by atomic mass is 10.2.